The number of nitrogens with one attached hydrogen (secondary N) is 1. The highest BCUT2D eigenvalue weighted by molar-refractivity contribution is 7.92. The Hall–Kier alpha value is -2.96. The predicted molar refractivity (Wildman–Crippen MR) is 142 cm³/mol. The molecule has 0 unspecified atom stereocenters. The van der Waals surface area contributed by atoms with E-state index in [9.17, 15) is 21.6 Å². The number of anilines is 2. The van der Waals surface area contributed by atoms with Crippen LogP contribution in [-0.4, -0.2) is 59.9 Å². The molecule has 12 heteroatoms. The van der Waals surface area contributed by atoms with E-state index in [2.05, 4.69) is 5.32 Å². The Morgan fingerprint density at radius 2 is 1.57 bits per heavy atom. The second kappa shape index (κ2) is 11.2. The summed E-state index contributed by atoms with van der Waals surface area (Å²) in [4.78, 5) is 13.1. The van der Waals surface area contributed by atoms with Crippen molar-refractivity contribution in [2.75, 3.05) is 42.5 Å². The lowest BCUT2D eigenvalue weighted by atomic mass is 10.2. The number of hydrogen-bond acceptors (Lipinski definition) is 6. The van der Waals surface area contributed by atoms with Crippen molar-refractivity contribution in [2.45, 2.75) is 16.7 Å². The highest BCUT2D eigenvalue weighted by Crippen LogP contribution is 2.27. The maximum Gasteiger partial charge on any atom is 0.264 e. The van der Waals surface area contributed by atoms with Crippen LogP contribution in [-0.2, 0) is 29.6 Å². The summed E-state index contributed by atoms with van der Waals surface area (Å²) in [5, 5.41) is 2.96. The number of amides is 1. The van der Waals surface area contributed by atoms with Crippen molar-refractivity contribution >= 4 is 48.9 Å². The molecule has 1 aliphatic rings. The monoisotopic (exact) mass is 563 g/mol. The largest absolute Gasteiger partial charge is 0.379 e. The lowest BCUT2D eigenvalue weighted by molar-refractivity contribution is -0.114. The predicted octanol–water partition coefficient (Wildman–Crippen LogP) is 3.50. The average Bonchev–Trinajstić information content (AvgIpc) is 2.88. The second-order valence-corrected chi connectivity index (χ2v) is 12.6. The number of sulfonamides is 2. The minimum Gasteiger partial charge on any atom is -0.379 e. The van der Waals surface area contributed by atoms with Gasteiger partial charge in [0.1, 0.15) is 6.54 Å². The summed E-state index contributed by atoms with van der Waals surface area (Å²) in [6, 6.07) is 18.3. The van der Waals surface area contributed by atoms with Crippen LogP contribution >= 0.6 is 11.6 Å². The lowest BCUT2D eigenvalue weighted by Gasteiger charge is -2.26. The van der Waals surface area contributed by atoms with Gasteiger partial charge in [0.25, 0.3) is 10.0 Å². The Morgan fingerprint density at radius 1 is 0.946 bits per heavy atom. The summed E-state index contributed by atoms with van der Waals surface area (Å²) in [5.41, 5.74) is 1.45. The second-order valence-electron chi connectivity index (χ2n) is 8.39. The highest BCUT2D eigenvalue weighted by Gasteiger charge is 2.28. The van der Waals surface area contributed by atoms with E-state index < -0.39 is 32.5 Å². The first-order chi connectivity index (χ1) is 17.6. The Bertz CT molecular complexity index is 1470. The lowest BCUT2D eigenvalue weighted by Crippen LogP contribution is -2.40. The Balaban J connectivity index is 1.54. The van der Waals surface area contributed by atoms with Gasteiger partial charge in [0.2, 0.25) is 15.9 Å². The fourth-order valence-corrected chi connectivity index (χ4v) is 6.77. The number of morpholine rings is 1. The third-order valence-electron chi connectivity index (χ3n) is 5.74. The van der Waals surface area contributed by atoms with Crippen LogP contribution in [0.4, 0.5) is 11.4 Å². The van der Waals surface area contributed by atoms with Crippen molar-refractivity contribution in [1.29, 1.82) is 0 Å². The quantitative estimate of drug-likeness (QED) is 0.449. The first kappa shape index (κ1) is 27.1. The van der Waals surface area contributed by atoms with E-state index in [1.165, 1.54) is 46.8 Å². The van der Waals surface area contributed by atoms with E-state index >= 15 is 0 Å². The van der Waals surface area contributed by atoms with Crippen LogP contribution in [0.1, 0.15) is 5.56 Å². The van der Waals surface area contributed by atoms with Crippen LogP contribution in [0.5, 0.6) is 0 Å². The van der Waals surface area contributed by atoms with Gasteiger partial charge < -0.3 is 10.1 Å². The Morgan fingerprint density at radius 3 is 2.19 bits per heavy atom. The Labute approximate surface area is 221 Å². The van der Waals surface area contributed by atoms with E-state index in [0.29, 0.717) is 23.9 Å². The van der Waals surface area contributed by atoms with Crippen molar-refractivity contribution in [3.63, 3.8) is 0 Å². The van der Waals surface area contributed by atoms with Crippen LogP contribution in [0.25, 0.3) is 0 Å². The van der Waals surface area contributed by atoms with Gasteiger partial charge >= 0.3 is 0 Å². The molecule has 0 atom stereocenters. The van der Waals surface area contributed by atoms with Gasteiger partial charge in [-0.1, -0.05) is 35.4 Å². The van der Waals surface area contributed by atoms with Gasteiger partial charge in [-0.15, -0.1) is 0 Å². The summed E-state index contributed by atoms with van der Waals surface area (Å²) in [5.74, 6) is -0.612. The van der Waals surface area contributed by atoms with E-state index in [4.69, 9.17) is 16.3 Å². The number of halogens is 1. The van der Waals surface area contributed by atoms with Crippen LogP contribution in [0, 0.1) is 6.92 Å². The van der Waals surface area contributed by atoms with Crippen LogP contribution in [0.15, 0.2) is 82.6 Å². The molecule has 196 valence electrons. The standard InChI is InChI=1S/C25H26ClN3O6S2/c1-19-5-9-24(10-6-19)37(33,34)29(22-4-2-3-20(26)17-22)18-25(30)27-21-7-11-23(12-8-21)36(31,32)28-13-15-35-16-14-28/h2-12,17H,13-16,18H2,1H3,(H,27,30). The molecule has 0 saturated carbocycles. The van der Waals surface area contributed by atoms with Crippen molar-refractivity contribution in [3.8, 4) is 0 Å². The van der Waals surface area contributed by atoms with E-state index in [0.717, 1.165) is 9.87 Å². The highest BCUT2D eigenvalue weighted by atomic mass is 35.5. The first-order valence-corrected chi connectivity index (χ1v) is 14.7. The molecule has 0 bridgehead atoms. The molecule has 1 saturated heterocycles. The van der Waals surface area contributed by atoms with Crippen molar-refractivity contribution in [3.05, 3.63) is 83.4 Å². The molecule has 3 aromatic carbocycles. The van der Waals surface area contributed by atoms with E-state index in [1.807, 2.05) is 6.92 Å². The van der Waals surface area contributed by atoms with Gasteiger partial charge in [-0.25, -0.2) is 16.8 Å². The molecule has 1 N–H and O–H groups in total. The number of hydrogen-bond donors (Lipinski definition) is 1. The van der Waals surface area contributed by atoms with Crippen molar-refractivity contribution < 1.29 is 26.4 Å². The van der Waals surface area contributed by atoms with Gasteiger partial charge in [0.05, 0.1) is 28.7 Å². The van der Waals surface area contributed by atoms with E-state index in [1.54, 1.807) is 30.3 Å². The molecule has 1 heterocycles. The Kier molecular flexibility index (Phi) is 8.20. The smallest absolute Gasteiger partial charge is 0.264 e. The number of carbonyl (C=O) groups excluding carboxylic acids is 1. The zero-order chi connectivity index (χ0) is 26.6. The SMILES string of the molecule is Cc1ccc(S(=O)(=O)N(CC(=O)Nc2ccc(S(=O)(=O)N3CCOCC3)cc2)c2cccc(Cl)c2)cc1. The normalized spacial score (nSPS) is 14.8. The summed E-state index contributed by atoms with van der Waals surface area (Å²) in [6.45, 7) is 2.54. The molecule has 3 aromatic rings. The molecule has 0 radical (unpaired) electrons. The number of aryl methyl sites for hydroxylation is 1. The number of benzene rings is 3. The molecule has 0 aliphatic carbocycles. The van der Waals surface area contributed by atoms with Gasteiger partial charge in [-0.05, 0) is 61.5 Å². The summed E-state index contributed by atoms with van der Waals surface area (Å²) < 4.78 is 60.1. The molecule has 1 fully saturated rings. The molecular formula is C25H26ClN3O6S2. The van der Waals surface area contributed by atoms with Crippen LogP contribution in [0.3, 0.4) is 0 Å². The van der Waals surface area contributed by atoms with Crippen molar-refractivity contribution in [1.82, 2.24) is 4.31 Å². The third-order valence-corrected chi connectivity index (χ3v) is 9.67. The van der Waals surface area contributed by atoms with Gasteiger partial charge in [-0.3, -0.25) is 9.10 Å². The molecule has 1 amide bonds. The third kappa shape index (κ3) is 6.31. The summed E-state index contributed by atoms with van der Waals surface area (Å²) in [7, 11) is -7.77. The van der Waals surface area contributed by atoms with Crippen molar-refractivity contribution in [2.24, 2.45) is 0 Å². The molecular weight excluding hydrogens is 538 g/mol. The van der Waals surface area contributed by atoms with E-state index in [-0.39, 0.29) is 28.6 Å². The van der Waals surface area contributed by atoms with Gasteiger partial charge in [0.15, 0.2) is 0 Å². The number of rotatable bonds is 8. The van der Waals surface area contributed by atoms with Gasteiger partial charge in [0, 0.05) is 23.8 Å². The molecule has 4 rings (SSSR count). The van der Waals surface area contributed by atoms with Crippen LogP contribution in [0.2, 0.25) is 5.02 Å². The molecule has 9 nitrogen and oxygen atoms in total. The fourth-order valence-electron chi connectivity index (χ4n) is 3.76. The maximum absolute atomic E-state index is 13.5. The first-order valence-electron chi connectivity index (χ1n) is 11.4. The maximum atomic E-state index is 13.5. The molecule has 37 heavy (non-hydrogen) atoms. The topological polar surface area (TPSA) is 113 Å². The van der Waals surface area contributed by atoms with Gasteiger partial charge in [-0.2, -0.15) is 4.31 Å². The zero-order valence-corrected chi connectivity index (χ0v) is 22.4. The average molecular weight is 564 g/mol. The zero-order valence-electron chi connectivity index (χ0n) is 20.0. The number of carbonyl (C=O) groups is 1. The van der Waals surface area contributed by atoms with Crippen LogP contribution < -0.4 is 9.62 Å². The molecule has 0 spiro atoms. The minimum atomic E-state index is -4.09. The fraction of sp³-hybridized carbons (Fsp3) is 0.240. The number of nitrogens with zero attached hydrogens (tertiary/aromatic N) is 2. The summed E-state index contributed by atoms with van der Waals surface area (Å²) >= 11 is 6.10. The summed E-state index contributed by atoms with van der Waals surface area (Å²) in [6.07, 6.45) is 0. The molecule has 1 aliphatic heterocycles. The molecule has 0 aromatic heterocycles. The number of ether oxygens (including phenoxy) is 1. The minimum absolute atomic E-state index is 0.0311.